The number of hydrogen-bond acceptors (Lipinski definition) is 1. The van der Waals surface area contributed by atoms with E-state index in [2.05, 4.69) is 5.32 Å². The monoisotopic (exact) mass is 253 g/mol. The fraction of sp³-hybridized carbons (Fsp3) is 0.154. The van der Waals surface area contributed by atoms with Crippen LogP contribution in [0.3, 0.4) is 0 Å². The Labute approximate surface area is 101 Å². The third-order valence-electron chi connectivity index (χ3n) is 2.49. The Morgan fingerprint density at radius 3 is 2.33 bits per heavy atom. The van der Waals surface area contributed by atoms with Gasteiger partial charge in [0.05, 0.1) is 0 Å². The maximum absolute atomic E-state index is 12.8. The van der Waals surface area contributed by atoms with Crippen molar-refractivity contribution in [2.75, 3.05) is 5.32 Å². The number of fused-ring (bicyclic) bond motifs is 1. The molecule has 5 heteroatoms. The molecule has 1 amide bonds. The zero-order valence-electron chi connectivity index (χ0n) is 9.24. The first-order chi connectivity index (χ1) is 8.58. The molecule has 0 heterocycles. The van der Waals surface area contributed by atoms with E-state index in [0.29, 0.717) is 5.69 Å². The number of carbonyl (C=O) groups excluding carboxylic acids is 1. The molecule has 0 spiro atoms. The van der Waals surface area contributed by atoms with Gasteiger partial charge in [-0.05, 0) is 22.9 Å². The van der Waals surface area contributed by atoms with Gasteiger partial charge in [-0.1, -0.05) is 30.3 Å². The van der Waals surface area contributed by atoms with E-state index < -0.39 is 18.5 Å². The van der Waals surface area contributed by atoms with Gasteiger partial charge in [-0.15, -0.1) is 0 Å². The van der Waals surface area contributed by atoms with Crippen LogP contribution < -0.4 is 5.32 Å². The van der Waals surface area contributed by atoms with Gasteiger partial charge >= 0.3 is 0 Å². The van der Waals surface area contributed by atoms with E-state index in [9.17, 15) is 18.0 Å². The molecule has 94 valence electrons. The first kappa shape index (κ1) is 12.4. The Balaban J connectivity index is 2.19. The lowest BCUT2D eigenvalue weighted by Crippen LogP contribution is -2.29. The van der Waals surface area contributed by atoms with E-state index in [1.807, 2.05) is 24.3 Å². The summed E-state index contributed by atoms with van der Waals surface area (Å²) in [7, 11) is 0. The van der Waals surface area contributed by atoms with Crippen LogP contribution in [0.25, 0.3) is 10.8 Å². The van der Waals surface area contributed by atoms with E-state index in [4.69, 9.17) is 0 Å². The van der Waals surface area contributed by atoms with Crippen LogP contribution >= 0.6 is 0 Å². The number of nitrogens with one attached hydrogen (secondary N) is 1. The first-order valence-corrected chi connectivity index (χ1v) is 5.30. The van der Waals surface area contributed by atoms with E-state index in [1.54, 1.807) is 18.2 Å². The van der Waals surface area contributed by atoms with Gasteiger partial charge in [0.25, 0.3) is 12.3 Å². The van der Waals surface area contributed by atoms with E-state index >= 15 is 0 Å². The van der Waals surface area contributed by atoms with Crippen molar-refractivity contribution in [2.45, 2.75) is 12.6 Å². The van der Waals surface area contributed by atoms with Crippen LogP contribution in [0.1, 0.15) is 0 Å². The average Bonchev–Trinajstić information content (AvgIpc) is 2.37. The quantitative estimate of drug-likeness (QED) is 0.892. The predicted molar refractivity (Wildman–Crippen MR) is 63.5 cm³/mol. The Morgan fingerprint density at radius 2 is 1.67 bits per heavy atom. The van der Waals surface area contributed by atoms with Crippen LogP contribution in [0.2, 0.25) is 0 Å². The van der Waals surface area contributed by atoms with Crippen LogP contribution in [0.5, 0.6) is 0 Å². The van der Waals surface area contributed by atoms with Gasteiger partial charge in [-0.3, -0.25) is 4.79 Å². The summed E-state index contributed by atoms with van der Waals surface area (Å²) in [4.78, 5) is 11.1. The maximum atomic E-state index is 12.8. The van der Waals surface area contributed by atoms with Gasteiger partial charge in [0, 0.05) is 5.69 Å². The number of halogens is 3. The molecule has 2 aromatic carbocycles. The first-order valence-electron chi connectivity index (χ1n) is 5.30. The second-order valence-electron chi connectivity index (χ2n) is 3.79. The number of benzene rings is 2. The molecule has 0 saturated carbocycles. The number of anilines is 1. The van der Waals surface area contributed by atoms with E-state index in [-0.39, 0.29) is 0 Å². The highest BCUT2D eigenvalue weighted by atomic mass is 19.3. The van der Waals surface area contributed by atoms with E-state index in [0.717, 1.165) is 10.8 Å². The fourth-order valence-electron chi connectivity index (χ4n) is 1.59. The standard InChI is InChI=1S/C13H10F3NO/c14-11(12(15)16)13(18)17-10-6-5-8-3-1-2-4-9(8)7-10/h1-7,11-12H,(H,17,18). The highest BCUT2D eigenvalue weighted by Crippen LogP contribution is 2.19. The van der Waals surface area contributed by atoms with Crippen LogP contribution in [-0.2, 0) is 4.79 Å². The molecule has 0 aliphatic carbocycles. The Bertz CT molecular complexity index is 571. The molecule has 2 aromatic rings. The molecule has 0 aromatic heterocycles. The van der Waals surface area contributed by atoms with E-state index in [1.165, 1.54) is 0 Å². The summed E-state index contributed by atoms with van der Waals surface area (Å²) in [5.41, 5.74) is 0.294. The second-order valence-corrected chi connectivity index (χ2v) is 3.79. The van der Waals surface area contributed by atoms with Crippen LogP contribution in [-0.4, -0.2) is 18.5 Å². The van der Waals surface area contributed by atoms with Crippen LogP contribution in [0.15, 0.2) is 42.5 Å². The molecule has 18 heavy (non-hydrogen) atoms. The summed E-state index contributed by atoms with van der Waals surface area (Å²) in [6.45, 7) is 0. The van der Waals surface area contributed by atoms with Crippen LogP contribution in [0.4, 0.5) is 18.9 Å². The lowest BCUT2D eigenvalue weighted by molar-refractivity contribution is -0.125. The lowest BCUT2D eigenvalue weighted by Gasteiger charge is -2.09. The summed E-state index contributed by atoms with van der Waals surface area (Å²) in [6, 6.07) is 12.2. The molecule has 1 unspecified atom stereocenters. The predicted octanol–water partition coefficient (Wildman–Crippen LogP) is 3.38. The third-order valence-corrected chi connectivity index (χ3v) is 2.49. The summed E-state index contributed by atoms with van der Waals surface area (Å²) < 4.78 is 36.8. The third kappa shape index (κ3) is 2.61. The molecular weight excluding hydrogens is 243 g/mol. The highest BCUT2D eigenvalue weighted by Gasteiger charge is 2.27. The number of hydrogen-bond donors (Lipinski definition) is 1. The molecule has 0 bridgehead atoms. The van der Waals surface area contributed by atoms with Crippen molar-refractivity contribution in [1.29, 1.82) is 0 Å². The minimum atomic E-state index is -3.31. The van der Waals surface area contributed by atoms with Crippen molar-refractivity contribution >= 4 is 22.4 Å². The Kier molecular flexibility index (Phi) is 3.50. The van der Waals surface area contributed by atoms with Gasteiger partial charge in [0.15, 0.2) is 0 Å². The number of alkyl halides is 3. The van der Waals surface area contributed by atoms with Crippen molar-refractivity contribution in [3.05, 3.63) is 42.5 Å². The Morgan fingerprint density at radius 1 is 1.00 bits per heavy atom. The minimum absolute atomic E-state index is 0.294. The highest BCUT2D eigenvalue weighted by molar-refractivity contribution is 5.96. The smallest absolute Gasteiger partial charge is 0.278 e. The molecule has 0 radical (unpaired) electrons. The van der Waals surface area contributed by atoms with Gasteiger partial charge in [-0.2, -0.15) is 0 Å². The largest absolute Gasteiger partial charge is 0.323 e. The number of amides is 1. The molecule has 2 nitrogen and oxygen atoms in total. The summed E-state index contributed by atoms with van der Waals surface area (Å²) in [5.74, 6) is -1.33. The maximum Gasteiger partial charge on any atom is 0.278 e. The summed E-state index contributed by atoms with van der Waals surface area (Å²) >= 11 is 0. The fourth-order valence-corrected chi connectivity index (χ4v) is 1.59. The topological polar surface area (TPSA) is 29.1 Å². The number of carbonyl (C=O) groups is 1. The molecule has 2 rings (SSSR count). The minimum Gasteiger partial charge on any atom is -0.323 e. The molecule has 0 aliphatic rings. The SMILES string of the molecule is O=C(Nc1ccc2ccccc2c1)C(F)C(F)F. The van der Waals surface area contributed by atoms with Gasteiger partial charge < -0.3 is 5.32 Å². The van der Waals surface area contributed by atoms with Crippen molar-refractivity contribution in [3.8, 4) is 0 Å². The van der Waals surface area contributed by atoms with Gasteiger partial charge in [-0.25, -0.2) is 13.2 Å². The zero-order valence-corrected chi connectivity index (χ0v) is 9.24. The van der Waals surface area contributed by atoms with Crippen molar-refractivity contribution in [3.63, 3.8) is 0 Å². The second kappa shape index (κ2) is 5.08. The van der Waals surface area contributed by atoms with Crippen molar-refractivity contribution < 1.29 is 18.0 Å². The molecule has 1 atom stereocenters. The van der Waals surface area contributed by atoms with Gasteiger partial charge in [0.1, 0.15) is 0 Å². The van der Waals surface area contributed by atoms with Crippen LogP contribution in [0, 0.1) is 0 Å². The molecule has 0 aliphatic heterocycles. The molecule has 1 N–H and O–H groups in total. The summed E-state index contributed by atoms with van der Waals surface area (Å²) in [6.07, 6.45) is -6.12. The summed E-state index contributed by atoms with van der Waals surface area (Å²) in [5, 5.41) is 3.90. The van der Waals surface area contributed by atoms with Gasteiger partial charge in [0.2, 0.25) is 6.17 Å². The van der Waals surface area contributed by atoms with Crippen molar-refractivity contribution in [2.24, 2.45) is 0 Å². The molecular formula is C13H10F3NO. The lowest BCUT2D eigenvalue weighted by atomic mass is 10.1. The molecule has 0 fully saturated rings. The zero-order chi connectivity index (χ0) is 13.1. The molecule has 0 saturated heterocycles. The average molecular weight is 253 g/mol. The number of rotatable bonds is 3. The normalized spacial score (nSPS) is 12.7. The van der Waals surface area contributed by atoms with Crippen molar-refractivity contribution in [1.82, 2.24) is 0 Å². The Hall–Kier alpha value is -2.04.